The van der Waals surface area contributed by atoms with Gasteiger partial charge in [0.25, 0.3) is 0 Å². The van der Waals surface area contributed by atoms with E-state index in [2.05, 4.69) is 26.0 Å². The standard InChI is InChI=1S/C13H14O2.CH4O/c1-3-9(2)10-4-5-13-11(6-10)7-12(8-14)15-13;1-2/h4-9H,3H2,1-2H3;2H,1H3. The van der Waals surface area contributed by atoms with E-state index in [4.69, 9.17) is 9.52 Å². The number of hydrogen-bond acceptors (Lipinski definition) is 3. The summed E-state index contributed by atoms with van der Waals surface area (Å²) in [6.07, 6.45) is 1.85. The predicted octanol–water partition coefficient (Wildman–Crippen LogP) is 3.37. The second-order valence-corrected chi connectivity index (χ2v) is 3.87. The minimum absolute atomic E-state index is 0.395. The number of carbonyl (C=O) groups excluding carboxylic acids is 1. The summed E-state index contributed by atoms with van der Waals surface area (Å²) in [7, 11) is 1.00. The molecule has 0 bridgehead atoms. The Morgan fingerprint density at radius 1 is 1.35 bits per heavy atom. The Morgan fingerprint density at radius 2 is 2.06 bits per heavy atom. The van der Waals surface area contributed by atoms with Crippen molar-refractivity contribution in [2.24, 2.45) is 0 Å². The largest absolute Gasteiger partial charge is 0.453 e. The van der Waals surface area contributed by atoms with E-state index in [9.17, 15) is 4.79 Å². The number of aliphatic hydroxyl groups excluding tert-OH is 1. The highest BCUT2D eigenvalue weighted by atomic mass is 16.3. The molecule has 92 valence electrons. The molecule has 0 spiro atoms. The first kappa shape index (κ1) is 13.5. The molecule has 0 aliphatic rings. The van der Waals surface area contributed by atoms with E-state index in [1.807, 2.05) is 6.07 Å². The molecule has 0 amide bonds. The molecule has 2 aromatic rings. The summed E-state index contributed by atoms with van der Waals surface area (Å²) in [5.41, 5.74) is 2.08. The van der Waals surface area contributed by atoms with Gasteiger partial charge in [-0.25, -0.2) is 0 Å². The fraction of sp³-hybridized carbons (Fsp3) is 0.357. The maximum atomic E-state index is 10.6. The van der Waals surface area contributed by atoms with Gasteiger partial charge in [-0.15, -0.1) is 0 Å². The first-order valence-corrected chi connectivity index (χ1v) is 5.68. The minimum Gasteiger partial charge on any atom is -0.453 e. The van der Waals surface area contributed by atoms with E-state index in [1.54, 1.807) is 6.07 Å². The molecular weight excluding hydrogens is 216 g/mol. The quantitative estimate of drug-likeness (QED) is 0.828. The summed E-state index contributed by atoms with van der Waals surface area (Å²) in [5, 5.41) is 8.01. The van der Waals surface area contributed by atoms with Gasteiger partial charge in [0, 0.05) is 12.5 Å². The lowest BCUT2D eigenvalue weighted by molar-refractivity contribution is 0.110. The number of furan rings is 1. The highest BCUT2D eigenvalue weighted by Crippen LogP contribution is 2.25. The molecule has 1 N–H and O–H groups in total. The van der Waals surface area contributed by atoms with Crippen molar-refractivity contribution < 1.29 is 14.3 Å². The number of benzene rings is 1. The van der Waals surface area contributed by atoms with Crippen LogP contribution in [0, 0.1) is 0 Å². The third-order valence-corrected chi connectivity index (χ3v) is 2.86. The van der Waals surface area contributed by atoms with Gasteiger partial charge < -0.3 is 9.52 Å². The number of rotatable bonds is 3. The smallest absolute Gasteiger partial charge is 0.185 e. The summed E-state index contributed by atoms with van der Waals surface area (Å²) >= 11 is 0. The molecule has 1 atom stereocenters. The summed E-state index contributed by atoms with van der Waals surface area (Å²) < 4.78 is 5.32. The van der Waals surface area contributed by atoms with Gasteiger partial charge in [0.2, 0.25) is 0 Å². The van der Waals surface area contributed by atoms with Crippen molar-refractivity contribution in [2.75, 3.05) is 7.11 Å². The second kappa shape index (κ2) is 6.21. The number of aliphatic hydroxyl groups is 1. The molecule has 0 saturated carbocycles. The Bertz CT molecular complexity index is 485. The molecular formula is C14H18O3. The van der Waals surface area contributed by atoms with Gasteiger partial charge in [-0.1, -0.05) is 19.9 Å². The molecule has 1 aromatic heterocycles. The summed E-state index contributed by atoms with van der Waals surface area (Å²) in [6, 6.07) is 7.88. The zero-order valence-corrected chi connectivity index (χ0v) is 10.4. The van der Waals surface area contributed by atoms with Crippen LogP contribution in [0.5, 0.6) is 0 Å². The summed E-state index contributed by atoms with van der Waals surface area (Å²) in [5.74, 6) is 0.940. The van der Waals surface area contributed by atoms with E-state index in [-0.39, 0.29) is 0 Å². The van der Waals surface area contributed by atoms with Crippen LogP contribution in [0.15, 0.2) is 28.7 Å². The van der Waals surface area contributed by atoms with E-state index in [1.165, 1.54) is 5.56 Å². The average molecular weight is 234 g/mol. The van der Waals surface area contributed by atoms with E-state index < -0.39 is 0 Å². The molecule has 0 radical (unpaired) electrons. The molecule has 2 rings (SSSR count). The van der Waals surface area contributed by atoms with Gasteiger partial charge in [0.1, 0.15) is 5.58 Å². The first-order valence-electron chi connectivity index (χ1n) is 5.68. The highest BCUT2D eigenvalue weighted by molar-refractivity contribution is 5.85. The van der Waals surface area contributed by atoms with Crippen LogP contribution >= 0.6 is 0 Å². The maximum Gasteiger partial charge on any atom is 0.185 e. The lowest BCUT2D eigenvalue weighted by Gasteiger charge is -2.07. The molecule has 3 nitrogen and oxygen atoms in total. The normalized spacial score (nSPS) is 11.8. The van der Waals surface area contributed by atoms with Crippen molar-refractivity contribution in [1.29, 1.82) is 0 Å². The first-order chi connectivity index (χ1) is 8.24. The molecule has 1 aromatic carbocycles. The number of aldehydes is 1. The molecule has 3 heteroatoms. The SMILES string of the molecule is CCC(C)c1ccc2oc(C=O)cc2c1.CO. The second-order valence-electron chi connectivity index (χ2n) is 3.87. The molecule has 17 heavy (non-hydrogen) atoms. The third-order valence-electron chi connectivity index (χ3n) is 2.86. The third kappa shape index (κ3) is 2.94. The van der Waals surface area contributed by atoms with Crippen LogP contribution in [0.1, 0.15) is 42.3 Å². The van der Waals surface area contributed by atoms with Crippen LogP contribution in [-0.4, -0.2) is 18.5 Å². The van der Waals surface area contributed by atoms with Crippen LogP contribution in [0.25, 0.3) is 11.0 Å². The van der Waals surface area contributed by atoms with E-state index in [0.717, 1.165) is 30.8 Å². The lowest BCUT2D eigenvalue weighted by Crippen LogP contribution is -1.89. The van der Waals surface area contributed by atoms with Crippen molar-refractivity contribution >= 4 is 17.3 Å². The van der Waals surface area contributed by atoms with Crippen LogP contribution in [0.4, 0.5) is 0 Å². The van der Waals surface area contributed by atoms with Gasteiger partial charge in [-0.2, -0.15) is 0 Å². The van der Waals surface area contributed by atoms with Crippen molar-refractivity contribution in [2.45, 2.75) is 26.2 Å². The van der Waals surface area contributed by atoms with Crippen LogP contribution in [0.2, 0.25) is 0 Å². The van der Waals surface area contributed by atoms with E-state index in [0.29, 0.717) is 11.7 Å². The predicted molar refractivity (Wildman–Crippen MR) is 68.5 cm³/mol. The Hall–Kier alpha value is -1.61. The Balaban J connectivity index is 0.000000686. The topological polar surface area (TPSA) is 50.4 Å². The minimum atomic E-state index is 0.395. The maximum absolute atomic E-state index is 10.6. The number of carbonyl (C=O) groups is 1. The summed E-state index contributed by atoms with van der Waals surface area (Å²) in [4.78, 5) is 10.6. The van der Waals surface area contributed by atoms with Crippen molar-refractivity contribution in [3.8, 4) is 0 Å². The Morgan fingerprint density at radius 3 is 2.65 bits per heavy atom. The van der Waals surface area contributed by atoms with Crippen molar-refractivity contribution in [3.63, 3.8) is 0 Å². The highest BCUT2D eigenvalue weighted by Gasteiger charge is 2.07. The van der Waals surface area contributed by atoms with Crippen LogP contribution in [0.3, 0.4) is 0 Å². The number of hydrogen-bond donors (Lipinski definition) is 1. The van der Waals surface area contributed by atoms with E-state index >= 15 is 0 Å². The van der Waals surface area contributed by atoms with Gasteiger partial charge >= 0.3 is 0 Å². The molecule has 0 saturated heterocycles. The molecule has 1 unspecified atom stereocenters. The molecule has 0 aliphatic heterocycles. The molecule has 0 aliphatic carbocycles. The fourth-order valence-electron chi connectivity index (χ4n) is 1.68. The van der Waals surface area contributed by atoms with Crippen LogP contribution < -0.4 is 0 Å². The van der Waals surface area contributed by atoms with Gasteiger partial charge in [-0.3, -0.25) is 4.79 Å². The molecule has 0 fully saturated rings. The van der Waals surface area contributed by atoms with Crippen LogP contribution in [-0.2, 0) is 0 Å². The fourth-order valence-corrected chi connectivity index (χ4v) is 1.68. The summed E-state index contributed by atoms with van der Waals surface area (Å²) in [6.45, 7) is 4.36. The number of fused-ring (bicyclic) bond motifs is 1. The Kier molecular flexibility index (Phi) is 4.91. The van der Waals surface area contributed by atoms with Crippen molar-refractivity contribution in [3.05, 3.63) is 35.6 Å². The zero-order chi connectivity index (χ0) is 12.8. The average Bonchev–Trinajstić information content (AvgIpc) is 2.82. The van der Waals surface area contributed by atoms with Crippen molar-refractivity contribution in [1.82, 2.24) is 0 Å². The van der Waals surface area contributed by atoms with Gasteiger partial charge in [0.15, 0.2) is 12.0 Å². The zero-order valence-electron chi connectivity index (χ0n) is 10.4. The lowest BCUT2D eigenvalue weighted by atomic mass is 9.98. The van der Waals surface area contributed by atoms with Gasteiger partial charge in [-0.05, 0) is 36.1 Å². The molecule has 1 heterocycles. The monoisotopic (exact) mass is 234 g/mol. The van der Waals surface area contributed by atoms with Gasteiger partial charge in [0.05, 0.1) is 0 Å². The Labute approximate surface area is 101 Å².